The summed E-state index contributed by atoms with van der Waals surface area (Å²) in [5.41, 5.74) is 1.94. The quantitative estimate of drug-likeness (QED) is 0.620. The van der Waals surface area contributed by atoms with Crippen LogP contribution in [-0.4, -0.2) is 30.5 Å². The molecule has 0 saturated carbocycles. The van der Waals surface area contributed by atoms with Crippen LogP contribution in [0.4, 0.5) is 0 Å². The molecule has 0 aliphatic carbocycles. The zero-order chi connectivity index (χ0) is 20.6. The number of rotatable bonds is 8. The number of hydrogen-bond donors (Lipinski definition) is 3. The Labute approximate surface area is 175 Å². The second-order valence-corrected chi connectivity index (χ2v) is 8.18. The van der Waals surface area contributed by atoms with Crippen LogP contribution in [-0.2, 0) is 15.3 Å². The lowest BCUT2D eigenvalue weighted by atomic mass is 10.1. The summed E-state index contributed by atoms with van der Waals surface area (Å²) < 4.78 is 5.25. The number of carbonyl (C=O) groups is 2. The summed E-state index contributed by atoms with van der Waals surface area (Å²) in [6.45, 7) is 1.96. The first-order valence-corrected chi connectivity index (χ1v) is 10.7. The first-order valence-electron chi connectivity index (χ1n) is 9.67. The van der Waals surface area contributed by atoms with Gasteiger partial charge in [-0.3, -0.25) is 14.9 Å². The van der Waals surface area contributed by atoms with Crippen molar-refractivity contribution in [1.29, 1.82) is 0 Å². The molecule has 0 spiro atoms. The molecule has 3 rings (SSSR count). The average molecular weight is 414 g/mol. The Balaban J connectivity index is 1.49. The van der Waals surface area contributed by atoms with Gasteiger partial charge in [0.05, 0.1) is 13.2 Å². The molecule has 2 amide bonds. The molecule has 1 heterocycles. The molecule has 7 heteroatoms. The first-order chi connectivity index (χ1) is 14.0. The second-order valence-electron chi connectivity index (χ2n) is 7.08. The number of benzene rings is 2. The van der Waals surface area contributed by atoms with Gasteiger partial charge in [-0.1, -0.05) is 42.5 Å². The van der Waals surface area contributed by atoms with Crippen LogP contribution >= 0.6 is 11.8 Å². The molecule has 3 unspecified atom stereocenters. The second kappa shape index (κ2) is 10.3. The van der Waals surface area contributed by atoms with E-state index in [1.54, 1.807) is 18.9 Å². The van der Waals surface area contributed by atoms with E-state index in [9.17, 15) is 9.59 Å². The van der Waals surface area contributed by atoms with Crippen molar-refractivity contribution >= 4 is 23.6 Å². The molecule has 1 fully saturated rings. The van der Waals surface area contributed by atoms with Crippen molar-refractivity contribution in [3.8, 4) is 5.75 Å². The molecule has 1 saturated heterocycles. The number of amides is 2. The smallest absolute Gasteiger partial charge is 0.223 e. The number of thioether (sulfide) groups is 1. The standard InChI is InChI=1S/C22H27N3O3S/c1-15(17-8-4-3-5-9-17)23-20(26)12-18-13-21(27)25-22(24-18)29-14-16-7-6-10-19(11-16)28-2/h3-11,15,18,22,24H,12-14H2,1-2H3,(H,23,26)(H,25,27). The van der Waals surface area contributed by atoms with Crippen LogP contribution in [0.5, 0.6) is 5.75 Å². The van der Waals surface area contributed by atoms with Crippen molar-refractivity contribution < 1.29 is 14.3 Å². The van der Waals surface area contributed by atoms with Gasteiger partial charge in [-0.25, -0.2) is 0 Å². The minimum absolute atomic E-state index is 0.0409. The van der Waals surface area contributed by atoms with Crippen LogP contribution < -0.4 is 20.7 Å². The Kier molecular flexibility index (Phi) is 7.55. The van der Waals surface area contributed by atoms with Crippen molar-refractivity contribution in [3.05, 3.63) is 65.7 Å². The molecule has 3 atom stereocenters. The van der Waals surface area contributed by atoms with Crippen LogP contribution in [0.2, 0.25) is 0 Å². The Bertz CT molecular complexity index is 831. The van der Waals surface area contributed by atoms with Crippen LogP contribution in [0.25, 0.3) is 0 Å². The molecule has 6 nitrogen and oxygen atoms in total. The van der Waals surface area contributed by atoms with Gasteiger partial charge < -0.3 is 15.4 Å². The van der Waals surface area contributed by atoms with E-state index in [1.807, 2.05) is 61.5 Å². The fourth-order valence-corrected chi connectivity index (χ4v) is 4.30. The van der Waals surface area contributed by atoms with Crippen molar-refractivity contribution in [3.63, 3.8) is 0 Å². The molecule has 0 radical (unpaired) electrons. The maximum Gasteiger partial charge on any atom is 0.223 e. The normalized spacial score (nSPS) is 19.9. The van der Waals surface area contributed by atoms with Gasteiger partial charge in [0, 0.05) is 24.6 Å². The predicted molar refractivity (Wildman–Crippen MR) is 115 cm³/mol. The highest BCUT2D eigenvalue weighted by atomic mass is 32.2. The van der Waals surface area contributed by atoms with E-state index >= 15 is 0 Å². The molecule has 2 aromatic rings. The molecule has 1 aliphatic rings. The van der Waals surface area contributed by atoms with Gasteiger partial charge >= 0.3 is 0 Å². The minimum atomic E-state index is -0.230. The monoisotopic (exact) mass is 413 g/mol. The van der Waals surface area contributed by atoms with Gasteiger partial charge in [-0.2, -0.15) is 0 Å². The highest BCUT2D eigenvalue weighted by Crippen LogP contribution is 2.22. The molecule has 0 aromatic heterocycles. The van der Waals surface area contributed by atoms with Crippen LogP contribution in [0, 0.1) is 0 Å². The van der Waals surface area contributed by atoms with Gasteiger partial charge in [0.15, 0.2) is 0 Å². The summed E-state index contributed by atoms with van der Waals surface area (Å²) >= 11 is 1.58. The topological polar surface area (TPSA) is 79.5 Å². The molecule has 0 bridgehead atoms. The molecular weight excluding hydrogens is 386 g/mol. The summed E-state index contributed by atoms with van der Waals surface area (Å²) in [6.07, 6.45) is 0.560. The molecule has 29 heavy (non-hydrogen) atoms. The van der Waals surface area contributed by atoms with Crippen molar-refractivity contribution in [2.75, 3.05) is 7.11 Å². The van der Waals surface area contributed by atoms with E-state index in [-0.39, 0.29) is 35.8 Å². The Morgan fingerprint density at radius 3 is 2.79 bits per heavy atom. The lowest BCUT2D eigenvalue weighted by molar-refractivity contribution is -0.125. The van der Waals surface area contributed by atoms with E-state index in [1.165, 1.54) is 0 Å². The maximum absolute atomic E-state index is 12.5. The molecular formula is C22H27N3O3S. The summed E-state index contributed by atoms with van der Waals surface area (Å²) in [5.74, 6) is 1.43. The van der Waals surface area contributed by atoms with Gasteiger partial charge in [-0.15, -0.1) is 11.8 Å². The largest absolute Gasteiger partial charge is 0.497 e. The van der Waals surface area contributed by atoms with Crippen molar-refractivity contribution in [2.24, 2.45) is 0 Å². The third-order valence-corrected chi connectivity index (χ3v) is 5.86. The van der Waals surface area contributed by atoms with Gasteiger partial charge in [0.25, 0.3) is 0 Å². The van der Waals surface area contributed by atoms with Crippen molar-refractivity contribution in [2.45, 2.75) is 43.1 Å². The SMILES string of the molecule is COc1cccc(CSC2NC(=O)CC(CC(=O)NC(C)c3ccccc3)N2)c1. The van der Waals surface area contributed by atoms with E-state index in [2.05, 4.69) is 16.0 Å². The highest BCUT2D eigenvalue weighted by molar-refractivity contribution is 7.99. The lowest BCUT2D eigenvalue weighted by Gasteiger charge is -2.31. The number of nitrogens with one attached hydrogen (secondary N) is 3. The number of ether oxygens (including phenoxy) is 1. The van der Waals surface area contributed by atoms with Crippen LogP contribution in [0.15, 0.2) is 54.6 Å². The third-order valence-electron chi connectivity index (χ3n) is 4.77. The summed E-state index contributed by atoms with van der Waals surface area (Å²) in [5, 5.41) is 9.31. The number of carbonyl (C=O) groups excluding carboxylic acids is 2. The Morgan fingerprint density at radius 1 is 1.24 bits per heavy atom. The summed E-state index contributed by atoms with van der Waals surface area (Å²) in [6, 6.07) is 17.4. The molecule has 3 N–H and O–H groups in total. The van der Waals surface area contributed by atoms with Crippen molar-refractivity contribution in [1.82, 2.24) is 16.0 Å². The first kappa shape index (κ1) is 21.2. The Hall–Kier alpha value is -2.51. The lowest BCUT2D eigenvalue weighted by Crippen LogP contribution is -2.55. The fraction of sp³-hybridized carbons (Fsp3) is 0.364. The maximum atomic E-state index is 12.5. The van der Waals surface area contributed by atoms with Crippen LogP contribution in [0.3, 0.4) is 0 Å². The summed E-state index contributed by atoms with van der Waals surface area (Å²) in [7, 11) is 1.64. The van der Waals surface area contributed by atoms with Gasteiger partial charge in [0.1, 0.15) is 11.2 Å². The van der Waals surface area contributed by atoms with E-state index < -0.39 is 0 Å². The molecule has 2 aromatic carbocycles. The predicted octanol–water partition coefficient (Wildman–Crippen LogP) is 2.96. The minimum Gasteiger partial charge on any atom is -0.497 e. The zero-order valence-corrected chi connectivity index (χ0v) is 17.5. The summed E-state index contributed by atoms with van der Waals surface area (Å²) in [4.78, 5) is 24.6. The van der Waals surface area contributed by atoms with Gasteiger partial charge in [0.2, 0.25) is 11.8 Å². The third kappa shape index (κ3) is 6.51. The van der Waals surface area contributed by atoms with E-state index in [0.717, 1.165) is 22.6 Å². The number of methoxy groups -OCH3 is 1. The van der Waals surface area contributed by atoms with Crippen LogP contribution in [0.1, 0.15) is 36.9 Å². The number of hydrogen-bond acceptors (Lipinski definition) is 5. The average Bonchev–Trinajstić information content (AvgIpc) is 2.72. The van der Waals surface area contributed by atoms with E-state index in [4.69, 9.17) is 4.74 Å². The molecule has 1 aliphatic heterocycles. The van der Waals surface area contributed by atoms with E-state index in [0.29, 0.717) is 6.42 Å². The fourth-order valence-electron chi connectivity index (χ4n) is 3.26. The highest BCUT2D eigenvalue weighted by Gasteiger charge is 2.28. The zero-order valence-electron chi connectivity index (χ0n) is 16.7. The Morgan fingerprint density at radius 2 is 2.03 bits per heavy atom. The molecule has 154 valence electrons. The van der Waals surface area contributed by atoms with Gasteiger partial charge in [-0.05, 0) is 30.2 Å².